The minimum atomic E-state index is 1.03. The van der Waals surface area contributed by atoms with Gasteiger partial charge in [-0.1, -0.05) is 6.08 Å². The Morgan fingerprint density at radius 1 is 1.42 bits per heavy atom. The molecule has 0 saturated carbocycles. The van der Waals surface area contributed by atoms with Crippen molar-refractivity contribution in [1.29, 1.82) is 0 Å². The van der Waals surface area contributed by atoms with E-state index in [0.29, 0.717) is 0 Å². The molecule has 0 amide bonds. The van der Waals surface area contributed by atoms with Gasteiger partial charge in [0.1, 0.15) is 5.01 Å². The maximum absolute atomic E-state index is 4.15. The lowest BCUT2D eigenvalue weighted by Crippen LogP contribution is -2.03. The molecule has 0 bridgehead atoms. The molecule has 1 aromatic rings. The van der Waals surface area contributed by atoms with Gasteiger partial charge in [-0.05, 0) is 18.2 Å². The van der Waals surface area contributed by atoms with E-state index in [-0.39, 0.29) is 0 Å². The van der Waals surface area contributed by atoms with E-state index in [9.17, 15) is 0 Å². The summed E-state index contributed by atoms with van der Waals surface area (Å²) in [7, 11) is 0. The Labute approximate surface area is 75.0 Å². The van der Waals surface area contributed by atoms with E-state index < -0.39 is 0 Å². The van der Waals surface area contributed by atoms with Crippen molar-refractivity contribution in [2.75, 3.05) is 0 Å². The lowest BCUT2D eigenvalue weighted by Gasteiger charge is -2.03. The van der Waals surface area contributed by atoms with Crippen molar-refractivity contribution in [3.63, 3.8) is 0 Å². The summed E-state index contributed by atoms with van der Waals surface area (Å²) >= 11 is 1.63. The number of hydrogen-bond donors (Lipinski definition) is 1. The predicted molar refractivity (Wildman–Crippen MR) is 51.5 cm³/mol. The van der Waals surface area contributed by atoms with Crippen molar-refractivity contribution in [1.82, 2.24) is 10.3 Å². The number of aromatic nitrogens is 1. The molecule has 60 valence electrons. The van der Waals surface area contributed by atoms with Crippen LogP contribution in [0.15, 0.2) is 41.7 Å². The van der Waals surface area contributed by atoms with Gasteiger partial charge in [-0.3, -0.25) is 0 Å². The van der Waals surface area contributed by atoms with Crippen molar-refractivity contribution in [3.05, 3.63) is 46.7 Å². The van der Waals surface area contributed by atoms with Crippen LogP contribution in [0.5, 0.6) is 0 Å². The minimum absolute atomic E-state index is 1.03. The fourth-order valence-electron chi connectivity index (χ4n) is 0.936. The zero-order chi connectivity index (χ0) is 8.23. The molecule has 3 heteroatoms. The molecule has 2 nitrogen and oxygen atoms in total. The monoisotopic (exact) mass is 176 g/mol. The van der Waals surface area contributed by atoms with Crippen LogP contribution < -0.4 is 5.32 Å². The standard InChI is InChI=1S/C9H8N2S/c1-2-4-10-8(3-1)7-9-11-5-6-12-9/h1-7,10H/b8-7-. The number of dihydropyridines is 1. The Morgan fingerprint density at radius 2 is 2.42 bits per heavy atom. The van der Waals surface area contributed by atoms with E-state index in [2.05, 4.69) is 10.3 Å². The molecule has 1 aliphatic rings. The second kappa shape index (κ2) is 3.36. The van der Waals surface area contributed by atoms with Crippen LogP contribution in [0.3, 0.4) is 0 Å². The smallest absolute Gasteiger partial charge is 0.118 e. The molecule has 1 aromatic heterocycles. The summed E-state index contributed by atoms with van der Waals surface area (Å²) in [5.41, 5.74) is 1.08. The van der Waals surface area contributed by atoms with Crippen LogP contribution in [0.1, 0.15) is 5.01 Å². The number of rotatable bonds is 1. The number of nitrogens with zero attached hydrogens (tertiary/aromatic N) is 1. The minimum Gasteiger partial charge on any atom is -0.362 e. The molecular formula is C9H8N2S. The van der Waals surface area contributed by atoms with Crippen molar-refractivity contribution >= 4 is 17.4 Å². The second-order valence-electron chi connectivity index (χ2n) is 2.33. The van der Waals surface area contributed by atoms with Gasteiger partial charge < -0.3 is 5.32 Å². The summed E-state index contributed by atoms with van der Waals surface area (Å²) in [5, 5.41) is 6.11. The van der Waals surface area contributed by atoms with Gasteiger partial charge in [0.25, 0.3) is 0 Å². The Morgan fingerprint density at radius 3 is 3.08 bits per heavy atom. The van der Waals surface area contributed by atoms with Crippen LogP contribution in [-0.4, -0.2) is 4.98 Å². The summed E-state index contributed by atoms with van der Waals surface area (Å²) in [6.07, 6.45) is 11.7. The molecule has 0 unspecified atom stereocenters. The third-order valence-electron chi connectivity index (χ3n) is 1.46. The van der Waals surface area contributed by atoms with Gasteiger partial charge in [0.15, 0.2) is 0 Å². The van der Waals surface area contributed by atoms with Gasteiger partial charge in [0.05, 0.1) is 0 Å². The molecular weight excluding hydrogens is 168 g/mol. The highest BCUT2D eigenvalue weighted by Crippen LogP contribution is 2.10. The first-order valence-electron chi connectivity index (χ1n) is 3.66. The molecule has 1 N–H and O–H groups in total. The van der Waals surface area contributed by atoms with Gasteiger partial charge >= 0.3 is 0 Å². The summed E-state index contributed by atoms with van der Waals surface area (Å²) in [6.45, 7) is 0. The van der Waals surface area contributed by atoms with Crippen molar-refractivity contribution in [2.24, 2.45) is 0 Å². The van der Waals surface area contributed by atoms with Crippen LogP contribution in [0.4, 0.5) is 0 Å². The van der Waals surface area contributed by atoms with Crippen LogP contribution in [-0.2, 0) is 0 Å². The zero-order valence-electron chi connectivity index (χ0n) is 6.40. The average molecular weight is 176 g/mol. The highest BCUT2D eigenvalue weighted by Gasteiger charge is 1.94. The number of hydrogen-bond acceptors (Lipinski definition) is 3. The molecule has 12 heavy (non-hydrogen) atoms. The Hall–Kier alpha value is -1.35. The number of thiazole rings is 1. The molecule has 0 saturated heterocycles. The topological polar surface area (TPSA) is 24.9 Å². The van der Waals surface area contributed by atoms with Crippen molar-refractivity contribution in [2.45, 2.75) is 0 Å². The highest BCUT2D eigenvalue weighted by atomic mass is 32.1. The van der Waals surface area contributed by atoms with Crippen molar-refractivity contribution in [3.8, 4) is 0 Å². The predicted octanol–water partition coefficient (Wildman–Crippen LogP) is 2.16. The first-order valence-corrected chi connectivity index (χ1v) is 4.54. The zero-order valence-corrected chi connectivity index (χ0v) is 7.21. The molecule has 0 aliphatic carbocycles. The van der Waals surface area contributed by atoms with E-state index in [1.165, 1.54) is 0 Å². The first-order chi connectivity index (χ1) is 5.95. The third kappa shape index (κ3) is 1.62. The van der Waals surface area contributed by atoms with Gasteiger partial charge in [0, 0.05) is 23.5 Å². The van der Waals surface area contributed by atoms with E-state index in [4.69, 9.17) is 0 Å². The summed E-state index contributed by atoms with van der Waals surface area (Å²) < 4.78 is 0. The highest BCUT2D eigenvalue weighted by molar-refractivity contribution is 7.10. The molecule has 0 fully saturated rings. The fourth-order valence-corrected chi connectivity index (χ4v) is 1.51. The SMILES string of the molecule is C1=CN/C(=C\c2nccs2)C=C1. The summed E-state index contributed by atoms with van der Waals surface area (Å²) in [6, 6.07) is 0. The van der Waals surface area contributed by atoms with Crippen LogP contribution in [0.2, 0.25) is 0 Å². The van der Waals surface area contributed by atoms with E-state index in [1.54, 1.807) is 17.5 Å². The molecule has 0 radical (unpaired) electrons. The Kier molecular flexibility index (Phi) is 2.05. The maximum Gasteiger partial charge on any atom is 0.118 e. The van der Waals surface area contributed by atoms with Gasteiger partial charge in [-0.25, -0.2) is 4.98 Å². The Bertz CT molecular complexity index is 333. The lowest BCUT2D eigenvalue weighted by molar-refractivity contribution is 1.11. The summed E-state index contributed by atoms with van der Waals surface area (Å²) in [5.74, 6) is 0. The molecule has 1 aliphatic heterocycles. The first kappa shape index (κ1) is 7.31. The van der Waals surface area contributed by atoms with Crippen molar-refractivity contribution < 1.29 is 0 Å². The molecule has 2 heterocycles. The van der Waals surface area contributed by atoms with Gasteiger partial charge in [-0.2, -0.15) is 0 Å². The largest absolute Gasteiger partial charge is 0.362 e. The van der Waals surface area contributed by atoms with Gasteiger partial charge in [0.2, 0.25) is 0 Å². The number of allylic oxidation sites excluding steroid dienone is 3. The fraction of sp³-hybridized carbons (Fsp3) is 0. The second-order valence-corrected chi connectivity index (χ2v) is 3.26. The average Bonchev–Trinajstić information content (AvgIpc) is 2.59. The van der Waals surface area contributed by atoms with Crippen LogP contribution in [0.25, 0.3) is 6.08 Å². The quantitative estimate of drug-likeness (QED) is 0.709. The molecule has 0 spiro atoms. The molecule has 2 rings (SSSR count). The maximum atomic E-state index is 4.15. The molecule has 0 aromatic carbocycles. The van der Waals surface area contributed by atoms with Crippen LogP contribution in [0, 0.1) is 0 Å². The molecule has 0 atom stereocenters. The summed E-state index contributed by atoms with van der Waals surface area (Å²) in [4.78, 5) is 4.15. The van der Waals surface area contributed by atoms with E-state index in [1.807, 2.05) is 35.9 Å². The van der Waals surface area contributed by atoms with Gasteiger partial charge in [-0.15, -0.1) is 11.3 Å². The number of nitrogens with one attached hydrogen (secondary N) is 1. The Balaban J connectivity index is 2.19. The third-order valence-corrected chi connectivity index (χ3v) is 2.19. The van der Waals surface area contributed by atoms with E-state index in [0.717, 1.165) is 10.7 Å². The van der Waals surface area contributed by atoms with E-state index >= 15 is 0 Å². The van der Waals surface area contributed by atoms with Crippen LogP contribution >= 0.6 is 11.3 Å². The lowest BCUT2D eigenvalue weighted by atomic mass is 10.3. The normalized spacial score (nSPS) is 18.2.